The van der Waals surface area contributed by atoms with E-state index in [9.17, 15) is 4.79 Å². The van der Waals surface area contributed by atoms with E-state index in [1.807, 2.05) is 18.2 Å². The summed E-state index contributed by atoms with van der Waals surface area (Å²) in [5, 5.41) is 18.0. The van der Waals surface area contributed by atoms with E-state index in [0.717, 1.165) is 12.8 Å². The van der Waals surface area contributed by atoms with Gasteiger partial charge in [0.25, 0.3) is 0 Å². The Labute approximate surface area is 146 Å². The number of benzene rings is 2. The van der Waals surface area contributed by atoms with Gasteiger partial charge in [-0.1, -0.05) is 42.5 Å². The summed E-state index contributed by atoms with van der Waals surface area (Å²) in [5.41, 5.74) is 1.37. The molecule has 0 heterocycles. The highest BCUT2D eigenvalue weighted by molar-refractivity contribution is 5.97. The first-order valence-electron chi connectivity index (χ1n) is 7.84. The third-order valence-corrected chi connectivity index (χ3v) is 3.58. The molecule has 0 aromatic heterocycles. The van der Waals surface area contributed by atoms with E-state index in [0.29, 0.717) is 23.7 Å². The molecule has 0 atom stereocenters. The van der Waals surface area contributed by atoms with Gasteiger partial charge < -0.3 is 14.6 Å². The molecule has 2 aromatic rings. The number of ether oxygens (including phenoxy) is 2. The topological polar surface area (TPSA) is 79.5 Å². The summed E-state index contributed by atoms with van der Waals surface area (Å²) < 4.78 is 11.1. The minimum atomic E-state index is -1.28. The number of carboxylic acids is 1. The molecule has 0 fully saturated rings. The van der Waals surface area contributed by atoms with E-state index in [2.05, 4.69) is 12.1 Å². The van der Waals surface area contributed by atoms with E-state index >= 15 is 0 Å². The molecule has 128 valence electrons. The van der Waals surface area contributed by atoms with Crippen LogP contribution < -0.4 is 9.47 Å². The maximum absolute atomic E-state index is 11.1. The second-order valence-electron chi connectivity index (χ2n) is 5.29. The molecule has 0 amide bonds. The van der Waals surface area contributed by atoms with Crippen molar-refractivity contribution in [1.29, 1.82) is 5.26 Å². The lowest BCUT2D eigenvalue weighted by molar-refractivity contribution is -0.132. The molecule has 0 bridgehead atoms. The Bertz CT molecular complexity index is 791. The first-order valence-corrected chi connectivity index (χ1v) is 7.84. The van der Waals surface area contributed by atoms with Crippen LogP contribution in [0.1, 0.15) is 17.5 Å². The standard InChI is InChI=1S/C20H19NO4/c1-24-18-11-5-10-16(13-17(14-21)20(22)23)19(18)25-12-6-9-15-7-3-2-4-8-15/h2-5,7-8,10-11,13H,6,9,12H2,1H3,(H,22,23). The predicted octanol–water partition coefficient (Wildman–Crippen LogP) is 3.70. The van der Waals surface area contributed by atoms with Crippen LogP contribution in [0, 0.1) is 11.3 Å². The summed E-state index contributed by atoms with van der Waals surface area (Å²) in [6.45, 7) is 0.449. The van der Waals surface area contributed by atoms with Crippen molar-refractivity contribution < 1.29 is 19.4 Å². The summed E-state index contributed by atoms with van der Waals surface area (Å²) in [6.07, 6.45) is 2.96. The average Bonchev–Trinajstić information content (AvgIpc) is 2.64. The van der Waals surface area contributed by atoms with Gasteiger partial charge in [-0.3, -0.25) is 0 Å². The molecule has 5 nitrogen and oxygen atoms in total. The van der Waals surface area contributed by atoms with Crippen LogP contribution >= 0.6 is 0 Å². The van der Waals surface area contributed by atoms with Crippen molar-refractivity contribution in [1.82, 2.24) is 0 Å². The Kier molecular flexibility index (Phi) is 6.61. The normalized spacial score (nSPS) is 10.8. The van der Waals surface area contributed by atoms with Crippen LogP contribution in [0.5, 0.6) is 11.5 Å². The molecule has 0 saturated heterocycles. The van der Waals surface area contributed by atoms with Crippen molar-refractivity contribution in [2.24, 2.45) is 0 Å². The SMILES string of the molecule is COc1cccc(C=C(C#N)C(=O)O)c1OCCCc1ccccc1. The fourth-order valence-electron chi connectivity index (χ4n) is 2.35. The van der Waals surface area contributed by atoms with Gasteiger partial charge >= 0.3 is 5.97 Å². The number of methoxy groups -OCH3 is 1. The Morgan fingerprint density at radius 3 is 2.60 bits per heavy atom. The van der Waals surface area contributed by atoms with Crippen molar-refractivity contribution in [3.63, 3.8) is 0 Å². The van der Waals surface area contributed by atoms with E-state index in [4.69, 9.17) is 19.8 Å². The molecule has 2 rings (SSSR count). The smallest absolute Gasteiger partial charge is 0.346 e. The van der Waals surface area contributed by atoms with Crippen molar-refractivity contribution in [2.45, 2.75) is 12.8 Å². The van der Waals surface area contributed by atoms with Crippen LogP contribution in [0.25, 0.3) is 6.08 Å². The molecular weight excluding hydrogens is 318 g/mol. The lowest BCUT2D eigenvalue weighted by Crippen LogP contribution is -2.03. The number of hydrogen-bond donors (Lipinski definition) is 1. The van der Waals surface area contributed by atoms with Gasteiger partial charge in [-0.2, -0.15) is 5.26 Å². The van der Waals surface area contributed by atoms with Crippen LogP contribution in [-0.4, -0.2) is 24.8 Å². The molecule has 0 unspecified atom stereocenters. The van der Waals surface area contributed by atoms with Gasteiger partial charge in [-0.15, -0.1) is 0 Å². The minimum absolute atomic E-state index is 0.359. The highest BCUT2D eigenvalue weighted by Gasteiger charge is 2.13. The number of aliphatic carboxylic acids is 1. The third-order valence-electron chi connectivity index (χ3n) is 3.58. The number of hydrogen-bond acceptors (Lipinski definition) is 4. The zero-order chi connectivity index (χ0) is 18.1. The molecule has 2 aromatic carbocycles. The van der Waals surface area contributed by atoms with E-state index < -0.39 is 5.97 Å². The molecule has 0 spiro atoms. The second-order valence-corrected chi connectivity index (χ2v) is 5.29. The van der Waals surface area contributed by atoms with E-state index in [1.165, 1.54) is 18.7 Å². The van der Waals surface area contributed by atoms with Gasteiger partial charge in [0.15, 0.2) is 11.5 Å². The Balaban J connectivity index is 2.13. The molecular formula is C20H19NO4. The number of para-hydroxylation sites is 1. The number of carboxylic acid groups (broad SMARTS) is 1. The van der Waals surface area contributed by atoms with Crippen molar-refractivity contribution >= 4 is 12.0 Å². The van der Waals surface area contributed by atoms with Crippen molar-refractivity contribution in [2.75, 3.05) is 13.7 Å². The lowest BCUT2D eigenvalue weighted by atomic mass is 10.1. The van der Waals surface area contributed by atoms with Crippen molar-refractivity contribution in [3.8, 4) is 17.6 Å². The van der Waals surface area contributed by atoms with Crippen LogP contribution in [0.15, 0.2) is 54.1 Å². The maximum Gasteiger partial charge on any atom is 0.346 e. The molecule has 1 N–H and O–H groups in total. The van der Waals surface area contributed by atoms with Crippen molar-refractivity contribution in [3.05, 3.63) is 65.2 Å². The maximum atomic E-state index is 11.1. The zero-order valence-electron chi connectivity index (χ0n) is 13.9. The Morgan fingerprint density at radius 2 is 1.96 bits per heavy atom. The molecule has 0 saturated carbocycles. The number of rotatable bonds is 8. The van der Waals surface area contributed by atoms with E-state index in [-0.39, 0.29) is 5.57 Å². The van der Waals surface area contributed by atoms with E-state index in [1.54, 1.807) is 24.3 Å². The highest BCUT2D eigenvalue weighted by Crippen LogP contribution is 2.32. The number of nitrogens with zero attached hydrogens (tertiary/aromatic N) is 1. The summed E-state index contributed by atoms with van der Waals surface area (Å²) in [5.74, 6) is -0.344. The number of carbonyl (C=O) groups is 1. The van der Waals surface area contributed by atoms with Crippen LogP contribution in [0.3, 0.4) is 0 Å². The van der Waals surface area contributed by atoms with Gasteiger partial charge in [0.05, 0.1) is 13.7 Å². The lowest BCUT2D eigenvalue weighted by Gasteiger charge is -2.13. The molecule has 0 aliphatic carbocycles. The van der Waals surface area contributed by atoms with Gasteiger partial charge in [0.2, 0.25) is 0 Å². The minimum Gasteiger partial charge on any atom is -0.493 e. The summed E-state index contributed by atoms with van der Waals surface area (Å²) in [6, 6.07) is 16.9. The predicted molar refractivity (Wildman–Crippen MR) is 94.5 cm³/mol. The molecule has 0 aliphatic rings. The van der Waals surface area contributed by atoms with Crippen LogP contribution in [0.2, 0.25) is 0 Å². The largest absolute Gasteiger partial charge is 0.493 e. The highest BCUT2D eigenvalue weighted by atomic mass is 16.5. The van der Waals surface area contributed by atoms with Crippen LogP contribution in [0.4, 0.5) is 0 Å². The molecule has 5 heteroatoms. The van der Waals surface area contributed by atoms with Gasteiger partial charge in [-0.25, -0.2) is 4.79 Å². The van der Waals surface area contributed by atoms with Gasteiger partial charge in [0.1, 0.15) is 11.6 Å². The number of aryl methyl sites for hydroxylation is 1. The van der Waals surface area contributed by atoms with Gasteiger partial charge in [-0.05, 0) is 30.5 Å². The first kappa shape index (κ1) is 18.1. The van der Waals surface area contributed by atoms with Crippen LogP contribution in [-0.2, 0) is 11.2 Å². The quantitative estimate of drug-likeness (QED) is 0.451. The summed E-state index contributed by atoms with van der Waals surface area (Å²) >= 11 is 0. The zero-order valence-corrected chi connectivity index (χ0v) is 13.9. The molecule has 0 aliphatic heterocycles. The molecule has 25 heavy (non-hydrogen) atoms. The third kappa shape index (κ3) is 5.11. The summed E-state index contributed by atoms with van der Waals surface area (Å²) in [4.78, 5) is 11.1. The average molecular weight is 337 g/mol. The summed E-state index contributed by atoms with van der Waals surface area (Å²) in [7, 11) is 1.52. The first-order chi connectivity index (χ1) is 12.2. The Hall–Kier alpha value is -3.26. The fourth-order valence-corrected chi connectivity index (χ4v) is 2.35. The monoisotopic (exact) mass is 337 g/mol. The van der Waals surface area contributed by atoms with Gasteiger partial charge in [0, 0.05) is 5.56 Å². The Morgan fingerprint density at radius 1 is 1.20 bits per heavy atom. The second kappa shape index (κ2) is 9.14. The molecule has 0 radical (unpaired) electrons. The fraction of sp³-hybridized carbons (Fsp3) is 0.200. The number of nitriles is 1.